The van der Waals surface area contributed by atoms with Gasteiger partial charge in [-0.05, 0) is 13.0 Å². The minimum atomic E-state index is 0.317. The van der Waals surface area contributed by atoms with E-state index < -0.39 is 0 Å². The van der Waals surface area contributed by atoms with Crippen molar-refractivity contribution in [3.8, 4) is 0 Å². The molecule has 0 atom stereocenters. The summed E-state index contributed by atoms with van der Waals surface area (Å²) in [5.74, 6) is 0.623. The van der Waals surface area contributed by atoms with E-state index in [1.807, 2.05) is 12.3 Å². The summed E-state index contributed by atoms with van der Waals surface area (Å²) in [6, 6.07) is 1.76. The molecule has 0 aliphatic heterocycles. The van der Waals surface area contributed by atoms with Crippen LogP contribution in [-0.4, -0.2) is 26.7 Å². The van der Waals surface area contributed by atoms with Crippen molar-refractivity contribution in [2.75, 3.05) is 11.9 Å². The Labute approximate surface area is 114 Å². The lowest BCUT2D eigenvalue weighted by Crippen LogP contribution is -2.16. The molecule has 0 unspecified atom stereocenters. The fourth-order valence-corrected chi connectivity index (χ4v) is 2.41. The summed E-state index contributed by atoms with van der Waals surface area (Å²) in [5, 5.41) is 14.1. The van der Waals surface area contributed by atoms with E-state index in [9.17, 15) is 0 Å². The average Bonchev–Trinajstić information content (AvgIpc) is 2.75. The zero-order valence-corrected chi connectivity index (χ0v) is 11.5. The van der Waals surface area contributed by atoms with Gasteiger partial charge in [-0.3, -0.25) is 0 Å². The first-order valence-corrected chi connectivity index (χ1v) is 6.72. The van der Waals surface area contributed by atoms with Crippen LogP contribution in [0.5, 0.6) is 0 Å². The number of hydrogen-bond acceptors (Lipinski definition) is 6. The third-order valence-corrected chi connectivity index (χ3v) is 3.53. The Balaban J connectivity index is 1.96. The molecule has 18 heavy (non-hydrogen) atoms. The molecule has 0 aromatic carbocycles. The summed E-state index contributed by atoms with van der Waals surface area (Å²) in [4.78, 5) is 4.71. The van der Waals surface area contributed by atoms with Gasteiger partial charge in [0.1, 0.15) is 4.99 Å². The smallest absolute Gasteiger partial charge is 0.158 e. The van der Waals surface area contributed by atoms with Crippen LogP contribution < -0.4 is 11.1 Å². The number of nitrogens with two attached hydrogens (primary N) is 1. The van der Waals surface area contributed by atoms with E-state index in [1.165, 1.54) is 0 Å². The number of anilines is 1. The van der Waals surface area contributed by atoms with Gasteiger partial charge in [0.2, 0.25) is 0 Å². The highest BCUT2D eigenvalue weighted by Crippen LogP contribution is 2.12. The highest BCUT2D eigenvalue weighted by Gasteiger charge is 2.06. The normalized spacial score (nSPS) is 10.3. The minimum Gasteiger partial charge on any atom is -0.389 e. The molecule has 2 aromatic heterocycles. The summed E-state index contributed by atoms with van der Waals surface area (Å²) in [5.41, 5.74) is 7.39. The Kier molecular flexibility index (Phi) is 4.16. The lowest BCUT2D eigenvalue weighted by atomic mass is 10.3. The maximum atomic E-state index is 5.61. The highest BCUT2D eigenvalue weighted by molar-refractivity contribution is 7.80. The Morgan fingerprint density at radius 1 is 1.56 bits per heavy atom. The van der Waals surface area contributed by atoms with Crippen molar-refractivity contribution in [2.24, 2.45) is 5.73 Å². The van der Waals surface area contributed by atoms with Crippen molar-refractivity contribution in [3.05, 3.63) is 33.9 Å². The Morgan fingerprint density at radius 2 is 2.39 bits per heavy atom. The quantitative estimate of drug-likeness (QED) is 0.808. The predicted octanol–water partition coefficient (Wildman–Crippen LogP) is 1.53. The molecule has 2 rings (SSSR count). The van der Waals surface area contributed by atoms with Crippen LogP contribution in [0.3, 0.4) is 0 Å². The summed E-state index contributed by atoms with van der Waals surface area (Å²) >= 11 is 6.61. The van der Waals surface area contributed by atoms with Crippen molar-refractivity contribution in [1.82, 2.24) is 15.2 Å². The molecule has 0 radical (unpaired) electrons. The summed E-state index contributed by atoms with van der Waals surface area (Å²) in [7, 11) is 0. The SMILES string of the molecule is Cc1csc(CCNc2nnccc2C(N)=S)n1. The van der Waals surface area contributed by atoms with Crippen LogP contribution in [0.25, 0.3) is 0 Å². The van der Waals surface area contributed by atoms with Crippen LogP contribution in [0.2, 0.25) is 0 Å². The van der Waals surface area contributed by atoms with Crippen molar-refractivity contribution < 1.29 is 0 Å². The summed E-state index contributed by atoms with van der Waals surface area (Å²) in [6.45, 7) is 2.71. The Bertz CT molecular complexity index is 552. The topological polar surface area (TPSA) is 76.7 Å². The summed E-state index contributed by atoms with van der Waals surface area (Å²) in [6.07, 6.45) is 2.41. The number of nitrogens with zero attached hydrogens (tertiary/aromatic N) is 3. The molecular weight excluding hydrogens is 266 g/mol. The molecular formula is C11H13N5S2. The van der Waals surface area contributed by atoms with E-state index in [0.717, 1.165) is 29.2 Å². The van der Waals surface area contributed by atoms with E-state index >= 15 is 0 Å². The monoisotopic (exact) mass is 279 g/mol. The van der Waals surface area contributed by atoms with Gasteiger partial charge in [-0.2, -0.15) is 5.10 Å². The second-order valence-corrected chi connectivity index (χ2v) is 5.10. The maximum absolute atomic E-state index is 5.61. The molecule has 3 N–H and O–H groups in total. The molecule has 0 aliphatic carbocycles. The van der Waals surface area contributed by atoms with Crippen LogP contribution >= 0.6 is 23.6 Å². The Hall–Kier alpha value is -1.60. The molecule has 0 amide bonds. The second kappa shape index (κ2) is 5.83. The van der Waals surface area contributed by atoms with Gasteiger partial charge in [-0.25, -0.2) is 4.98 Å². The lowest BCUT2D eigenvalue weighted by molar-refractivity contribution is 0.950. The van der Waals surface area contributed by atoms with Gasteiger partial charge in [0.05, 0.1) is 16.8 Å². The number of thiazole rings is 1. The molecule has 2 aromatic rings. The van der Waals surface area contributed by atoms with Gasteiger partial charge >= 0.3 is 0 Å². The van der Waals surface area contributed by atoms with Gasteiger partial charge in [0, 0.05) is 24.0 Å². The zero-order valence-electron chi connectivity index (χ0n) is 9.88. The van der Waals surface area contributed by atoms with Gasteiger partial charge in [-0.1, -0.05) is 12.2 Å². The van der Waals surface area contributed by atoms with E-state index in [4.69, 9.17) is 18.0 Å². The van der Waals surface area contributed by atoms with E-state index in [0.29, 0.717) is 10.8 Å². The number of rotatable bonds is 5. The van der Waals surface area contributed by atoms with Crippen LogP contribution in [-0.2, 0) is 6.42 Å². The molecule has 0 saturated carbocycles. The first-order chi connectivity index (χ1) is 8.66. The number of aryl methyl sites for hydroxylation is 1. The summed E-state index contributed by atoms with van der Waals surface area (Å²) < 4.78 is 0. The van der Waals surface area contributed by atoms with Gasteiger partial charge in [0.25, 0.3) is 0 Å². The predicted molar refractivity (Wildman–Crippen MR) is 77.0 cm³/mol. The fraction of sp³-hybridized carbons (Fsp3) is 0.273. The molecule has 0 spiro atoms. The molecule has 0 aliphatic rings. The van der Waals surface area contributed by atoms with Crippen LogP contribution in [0, 0.1) is 6.92 Å². The van der Waals surface area contributed by atoms with Crippen LogP contribution in [0.15, 0.2) is 17.6 Å². The standard InChI is InChI=1S/C11H13N5S2/c1-7-6-18-9(15-7)3-4-13-11-8(10(12)17)2-5-14-16-11/h2,5-6H,3-4H2,1H3,(H2,12,17)(H,13,16). The van der Waals surface area contributed by atoms with E-state index in [1.54, 1.807) is 23.6 Å². The van der Waals surface area contributed by atoms with Gasteiger partial charge in [-0.15, -0.1) is 16.4 Å². The van der Waals surface area contributed by atoms with Crippen molar-refractivity contribution in [2.45, 2.75) is 13.3 Å². The molecule has 94 valence electrons. The maximum Gasteiger partial charge on any atom is 0.158 e. The molecule has 5 nitrogen and oxygen atoms in total. The lowest BCUT2D eigenvalue weighted by Gasteiger charge is -2.07. The van der Waals surface area contributed by atoms with Crippen molar-refractivity contribution in [3.63, 3.8) is 0 Å². The molecule has 0 fully saturated rings. The third kappa shape index (κ3) is 3.21. The number of aromatic nitrogens is 3. The molecule has 2 heterocycles. The van der Waals surface area contributed by atoms with Gasteiger partial charge < -0.3 is 11.1 Å². The Morgan fingerprint density at radius 3 is 3.06 bits per heavy atom. The first-order valence-electron chi connectivity index (χ1n) is 5.43. The average molecular weight is 279 g/mol. The van der Waals surface area contributed by atoms with E-state index in [-0.39, 0.29) is 0 Å². The first kappa shape index (κ1) is 12.8. The van der Waals surface area contributed by atoms with Crippen LogP contribution in [0.1, 0.15) is 16.3 Å². The molecule has 7 heteroatoms. The third-order valence-electron chi connectivity index (χ3n) is 2.28. The fourth-order valence-electron chi connectivity index (χ4n) is 1.47. The highest BCUT2D eigenvalue weighted by atomic mass is 32.1. The number of thiocarbonyl (C=S) groups is 1. The van der Waals surface area contributed by atoms with Crippen LogP contribution in [0.4, 0.5) is 5.82 Å². The number of hydrogen-bond donors (Lipinski definition) is 2. The number of nitrogens with one attached hydrogen (secondary N) is 1. The van der Waals surface area contributed by atoms with E-state index in [2.05, 4.69) is 20.5 Å². The second-order valence-electron chi connectivity index (χ2n) is 3.72. The largest absolute Gasteiger partial charge is 0.389 e. The zero-order chi connectivity index (χ0) is 13.0. The molecule has 0 saturated heterocycles. The molecule has 0 bridgehead atoms. The minimum absolute atomic E-state index is 0.317. The van der Waals surface area contributed by atoms with Gasteiger partial charge in [0.15, 0.2) is 5.82 Å². The van der Waals surface area contributed by atoms with Crippen molar-refractivity contribution >= 4 is 34.4 Å². The van der Waals surface area contributed by atoms with Crippen molar-refractivity contribution in [1.29, 1.82) is 0 Å².